The fourth-order valence-corrected chi connectivity index (χ4v) is 4.33. The number of halogens is 2. The first kappa shape index (κ1) is 28.4. The highest BCUT2D eigenvalue weighted by Gasteiger charge is 2.32. The third-order valence-corrected chi connectivity index (χ3v) is 6.79. The van der Waals surface area contributed by atoms with Gasteiger partial charge in [0, 0.05) is 34.6 Å². The van der Waals surface area contributed by atoms with Crippen molar-refractivity contribution in [2.24, 2.45) is 0 Å². The maximum atomic E-state index is 13.7. The van der Waals surface area contributed by atoms with Crippen molar-refractivity contribution < 1.29 is 19.1 Å². The van der Waals surface area contributed by atoms with Crippen LogP contribution < -0.4 is 14.8 Å². The number of nitrogens with zero attached hydrogens (tertiary/aromatic N) is 1. The third kappa shape index (κ3) is 7.88. The molecular weight excluding hydrogens is 511 g/mol. The summed E-state index contributed by atoms with van der Waals surface area (Å²) in [5, 5.41) is 3.86. The van der Waals surface area contributed by atoms with E-state index in [1.165, 1.54) is 12.0 Å². The topological polar surface area (TPSA) is 67.9 Å². The molecule has 0 heterocycles. The van der Waals surface area contributed by atoms with Crippen molar-refractivity contribution in [3.63, 3.8) is 0 Å². The summed E-state index contributed by atoms with van der Waals surface area (Å²) in [5.74, 6) is 0.290. The monoisotopic (exact) mass is 542 g/mol. The second-order valence-electron chi connectivity index (χ2n) is 8.68. The van der Waals surface area contributed by atoms with Crippen LogP contribution in [-0.2, 0) is 22.6 Å². The van der Waals surface area contributed by atoms with Crippen molar-refractivity contribution in [2.75, 3.05) is 13.7 Å². The quantitative estimate of drug-likeness (QED) is 0.307. The summed E-state index contributed by atoms with van der Waals surface area (Å²) < 4.78 is 11.2. The molecule has 37 heavy (non-hydrogen) atoms. The van der Waals surface area contributed by atoms with Crippen molar-refractivity contribution in [3.8, 4) is 11.5 Å². The number of hydrogen-bond acceptors (Lipinski definition) is 4. The number of amides is 2. The van der Waals surface area contributed by atoms with Gasteiger partial charge in [-0.2, -0.15) is 0 Å². The average molecular weight is 543 g/mol. The Kier molecular flexibility index (Phi) is 10.7. The SMILES string of the molecule is CC[C@@H](C)NC(=O)[C@@H](Cc1ccccc1)N(Cc1c(Cl)cccc1Cl)C(=O)COc1ccccc1OC. The van der Waals surface area contributed by atoms with Gasteiger partial charge in [-0.3, -0.25) is 9.59 Å². The molecule has 1 N–H and O–H groups in total. The third-order valence-electron chi connectivity index (χ3n) is 6.08. The number of methoxy groups -OCH3 is 1. The smallest absolute Gasteiger partial charge is 0.261 e. The largest absolute Gasteiger partial charge is 0.493 e. The van der Waals surface area contributed by atoms with Gasteiger partial charge in [0.2, 0.25) is 5.91 Å². The van der Waals surface area contributed by atoms with Gasteiger partial charge in [0.25, 0.3) is 5.91 Å². The fraction of sp³-hybridized carbons (Fsp3) is 0.310. The van der Waals surface area contributed by atoms with Crippen LogP contribution in [0.15, 0.2) is 72.8 Å². The molecule has 2 atom stereocenters. The first-order valence-corrected chi connectivity index (χ1v) is 12.9. The first-order valence-electron chi connectivity index (χ1n) is 12.2. The number of carbonyl (C=O) groups excluding carboxylic acids is 2. The molecule has 0 bridgehead atoms. The molecule has 0 aliphatic heterocycles. The Morgan fingerprint density at radius 1 is 0.919 bits per heavy atom. The van der Waals surface area contributed by atoms with Gasteiger partial charge >= 0.3 is 0 Å². The number of rotatable bonds is 12. The Balaban J connectivity index is 1.98. The van der Waals surface area contributed by atoms with Gasteiger partial charge in [-0.25, -0.2) is 0 Å². The van der Waals surface area contributed by atoms with E-state index in [1.807, 2.05) is 50.2 Å². The lowest BCUT2D eigenvalue weighted by Crippen LogP contribution is -2.53. The first-order chi connectivity index (χ1) is 17.8. The van der Waals surface area contributed by atoms with Gasteiger partial charge in [0.05, 0.1) is 7.11 Å². The Morgan fingerprint density at radius 3 is 2.16 bits per heavy atom. The van der Waals surface area contributed by atoms with Crippen LogP contribution in [0, 0.1) is 0 Å². The molecule has 3 aromatic rings. The molecule has 0 aliphatic rings. The zero-order valence-corrected chi connectivity index (χ0v) is 22.8. The second-order valence-corrected chi connectivity index (χ2v) is 9.50. The standard InChI is InChI=1S/C29H32Cl2N2O4/c1-4-20(2)32-29(35)25(17-21-11-6-5-7-12-21)33(18-22-23(30)13-10-14-24(22)31)28(34)19-37-27-16-9-8-15-26(27)36-3/h5-16,20,25H,4,17-19H2,1-3H3,(H,32,35)/t20-,25-/m1/s1. The molecule has 0 fully saturated rings. The highest BCUT2D eigenvalue weighted by Crippen LogP contribution is 2.28. The maximum absolute atomic E-state index is 13.7. The van der Waals surface area contributed by atoms with E-state index in [9.17, 15) is 9.59 Å². The molecule has 2 amide bonds. The summed E-state index contributed by atoms with van der Waals surface area (Å²) in [6, 6.07) is 20.9. The van der Waals surface area contributed by atoms with E-state index >= 15 is 0 Å². The molecule has 3 aromatic carbocycles. The van der Waals surface area contributed by atoms with Crippen molar-refractivity contribution in [3.05, 3.63) is 94.0 Å². The van der Waals surface area contributed by atoms with Crippen LogP contribution in [0.3, 0.4) is 0 Å². The highest BCUT2D eigenvalue weighted by atomic mass is 35.5. The molecule has 8 heteroatoms. The van der Waals surface area contributed by atoms with Gasteiger partial charge in [-0.15, -0.1) is 0 Å². The molecule has 0 spiro atoms. The van der Waals surface area contributed by atoms with E-state index in [1.54, 1.807) is 36.4 Å². The van der Waals surface area contributed by atoms with Crippen LogP contribution in [0.25, 0.3) is 0 Å². The molecule has 0 aliphatic carbocycles. The Hall–Kier alpha value is -3.22. The molecule has 196 valence electrons. The average Bonchev–Trinajstić information content (AvgIpc) is 2.91. The molecule has 0 saturated heterocycles. The number of nitrogens with one attached hydrogen (secondary N) is 1. The number of ether oxygens (including phenoxy) is 2. The summed E-state index contributed by atoms with van der Waals surface area (Å²) >= 11 is 12.9. The highest BCUT2D eigenvalue weighted by molar-refractivity contribution is 6.36. The lowest BCUT2D eigenvalue weighted by atomic mass is 10.0. The van der Waals surface area contributed by atoms with E-state index in [2.05, 4.69) is 5.32 Å². The van der Waals surface area contributed by atoms with E-state index in [-0.39, 0.29) is 31.0 Å². The Bertz CT molecular complexity index is 1170. The lowest BCUT2D eigenvalue weighted by molar-refractivity contribution is -0.143. The Labute approximate surface area is 228 Å². The summed E-state index contributed by atoms with van der Waals surface area (Å²) in [4.78, 5) is 28.8. The fourth-order valence-electron chi connectivity index (χ4n) is 3.81. The van der Waals surface area contributed by atoms with Gasteiger partial charge in [-0.1, -0.05) is 78.7 Å². The summed E-state index contributed by atoms with van der Waals surface area (Å²) in [5.41, 5.74) is 1.48. The van der Waals surface area contributed by atoms with Crippen molar-refractivity contribution in [1.29, 1.82) is 0 Å². The summed E-state index contributed by atoms with van der Waals surface area (Å²) in [6.07, 6.45) is 1.07. The Morgan fingerprint density at radius 2 is 1.54 bits per heavy atom. The van der Waals surface area contributed by atoms with E-state index in [0.29, 0.717) is 33.5 Å². The minimum Gasteiger partial charge on any atom is -0.493 e. The van der Waals surface area contributed by atoms with E-state index in [4.69, 9.17) is 32.7 Å². The number of para-hydroxylation sites is 2. The normalized spacial score (nSPS) is 12.4. The number of carbonyl (C=O) groups is 2. The summed E-state index contributed by atoms with van der Waals surface area (Å²) in [7, 11) is 1.53. The molecular formula is C29H32Cl2N2O4. The molecule has 0 aromatic heterocycles. The lowest BCUT2D eigenvalue weighted by Gasteiger charge is -2.32. The molecule has 0 unspecified atom stereocenters. The van der Waals surface area contributed by atoms with Crippen LogP contribution >= 0.6 is 23.2 Å². The zero-order chi connectivity index (χ0) is 26.8. The van der Waals surface area contributed by atoms with E-state index < -0.39 is 6.04 Å². The number of hydrogen-bond donors (Lipinski definition) is 1. The minimum absolute atomic E-state index is 0.0397. The second kappa shape index (κ2) is 13.9. The van der Waals surface area contributed by atoms with E-state index in [0.717, 1.165) is 12.0 Å². The predicted molar refractivity (Wildman–Crippen MR) is 147 cm³/mol. The van der Waals surface area contributed by atoms with Crippen LogP contribution in [0.4, 0.5) is 0 Å². The van der Waals surface area contributed by atoms with Crippen molar-refractivity contribution in [1.82, 2.24) is 10.2 Å². The van der Waals surface area contributed by atoms with Crippen LogP contribution in [0.5, 0.6) is 11.5 Å². The van der Waals surface area contributed by atoms with Gasteiger partial charge in [0.15, 0.2) is 18.1 Å². The minimum atomic E-state index is -0.822. The van der Waals surface area contributed by atoms with Crippen LogP contribution in [0.2, 0.25) is 10.0 Å². The van der Waals surface area contributed by atoms with Crippen LogP contribution in [-0.4, -0.2) is 42.5 Å². The molecule has 0 saturated carbocycles. The van der Waals surface area contributed by atoms with Gasteiger partial charge in [0.1, 0.15) is 6.04 Å². The van der Waals surface area contributed by atoms with Crippen LogP contribution in [0.1, 0.15) is 31.4 Å². The maximum Gasteiger partial charge on any atom is 0.261 e. The van der Waals surface area contributed by atoms with Crippen molar-refractivity contribution >= 4 is 35.0 Å². The summed E-state index contributed by atoms with van der Waals surface area (Å²) in [6.45, 7) is 3.66. The number of benzene rings is 3. The van der Waals surface area contributed by atoms with Crippen molar-refractivity contribution in [2.45, 2.75) is 45.3 Å². The zero-order valence-electron chi connectivity index (χ0n) is 21.2. The van der Waals surface area contributed by atoms with Gasteiger partial charge in [-0.05, 0) is 43.2 Å². The molecule has 3 rings (SSSR count). The predicted octanol–water partition coefficient (Wildman–Crippen LogP) is 5.94. The van der Waals surface area contributed by atoms with Gasteiger partial charge < -0.3 is 19.7 Å². The molecule has 6 nitrogen and oxygen atoms in total. The molecule has 0 radical (unpaired) electrons.